The van der Waals surface area contributed by atoms with E-state index in [1.807, 2.05) is 36.4 Å². The van der Waals surface area contributed by atoms with Crippen molar-refractivity contribution in [2.75, 3.05) is 12.9 Å². The molecule has 0 spiro atoms. The third-order valence-corrected chi connectivity index (χ3v) is 7.92. The predicted octanol–water partition coefficient (Wildman–Crippen LogP) is 1.90. The Morgan fingerprint density at radius 3 is 2.34 bits per heavy atom. The number of carbonyl (C=O) groups excluding carboxylic acids is 1. The summed E-state index contributed by atoms with van der Waals surface area (Å²) in [5.41, 5.74) is 4.07. The number of carbonyl (C=O) groups is 1. The van der Waals surface area contributed by atoms with Crippen LogP contribution in [0.1, 0.15) is 18.9 Å². The van der Waals surface area contributed by atoms with Gasteiger partial charge in [0, 0.05) is 31.0 Å². The summed E-state index contributed by atoms with van der Waals surface area (Å²) in [6.07, 6.45) is 2.90. The van der Waals surface area contributed by atoms with Crippen molar-refractivity contribution in [3.8, 4) is 11.1 Å². The Bertz CT molecular complexity index is 1300. The molecule has 32 heavy (non-hydrogen) atoms. The molecule has 2 aromatic carbocycles. The maximum Gasteiger partial charge on any atom is 0.264 e. The Morgan fingerprint density at radius 1 is 1.09 bits per heavy atom. The average molecular weight is 459 g/mol. The lowest BCUT2D eigenvalue weighted by Gasteiger charge is -2.25. The van der Waals surface area contributed by atoms with E-state index in [-0.39, 0.29) is 25.1 Å². The van der Waals surface area contributed by atoms with Crippen LogP contribution in [0.3, 0.4) is 0 Å². The van der Waals surface area contributed by atoms with E-state index in [4.69, 9.17) is 10.3 Å². The largest absolute Gasteiger partial charge is 0.396 e. The van der Waals surface area contributed by atoms with Gasteiger partial charge in [-0.1, -0.05) is 30.3 Å². The molecule has 1 atom stereocenters. The van der Waals surface area contributed by atoms with Gasteiger partial charge in [-0.05, 0) is 60.0 Å². The van der Waals surface area contributed by atoms with Crippen LogP contribution < -0.4 is 11.0 Å². The minimum atomic E-state index is -3.85. The summed E-state index contributed by atoms with van der Waals surface area (Å²) in [6, 6.07) is 15.1. The van der Waals surface area contributed by atoms with Crippen LogP contribution in [0.25, 0.3) is 21.9 Å². The maximum atomic E-state index is 12.9. The maximum absolute atomic E-state index is 12.9. The van der Waals surface area contributed by atoms with Gasteiger partial charge in [-0.3, -0.25) is 14.8 Å². The van der Waals surface area contributed by atoms with Crippen LogP contribution in [0.15, 0.2) is 59.5 Å². The van der Waals surface area contributed by atoms with Gasteiger partial charge < -0.3 is 9.67 Å². The third-order valence-electron chi connectivity index (χ3n) is 5.89. The quantitative estimate of drug-likeness (QED) is 0.350. The number of amides is 1. The van der Waals surface area contributed by atoms with E-state index in [2.05, 4.69) is 0 Å². The second-order valence-corrected chi connectivity index (χ2v) is 10.4. The number of benzene rings is 2. The summed E-state index contributed by atoms with van der Waals surface area (Å²) in [4.78, 5) is 24.9. The Morgan fingerprint density at radius 2 is 1.75 bits per heavy atom. The highest BCUT2D eigenvalue weighted by molar-refractivity contribution is 7.92. The number of nitrogens with one attached hydrogen (secondary N) is 1. The van der Waals surface area contributed by atoms with Gasteiger partial charge >= 0.3 is 0 Å². The highest BCUT2D eigenvalue weighted by Gasteiger charge is 2.43. The zero-order valence-corrected chi connectivity index (χ0v) is 18.7. The molecule has 0 saturated heterocycles. The summed E-state index contributed by atoms with van der Waals surface area (Å²) < 4.78 is 23.7. The zero-order chi connectivity index (χ0) is 23.5. The Hall–Kier alpha value is -3.01. The predicted molar refractivity (Wildman–Crippen MR) is 122 cm³/mol. The molecule has 1 unspecified atom stereocenters. The summed E-state index contributed by atoms with van der Waals surface area (Å²) in [5, 5.41) is 19.2. The lowest BCUT2D eigenvalue weighted by molar-refractivity contribution is -0.131. The number of aliphatic hydroxyl groups excluding tert-OH is 1. The SMILES string of the molecule is CC(CCn1ccc2cc(-c3ccc(CCO)cc3)ccc2c1=O)(C(=O)NO)S(C)(=O)=O. The number of hydrogen-bond acceptors (Lipinski definition) is 6. The van der Waals surface area contributed by atoms with E-state index < -0.39 is 20.5 Å². The molecule has 1 amide bonds. The van der Waals surface area contributed by atoms with E-state index in [9.17, 15) is 18.0 Å². The first-order chi connectivity index (χ1) is 15.1. The molecule has 0 radical (unpaired) electrons. The van der Waals surface area contributed by atoms with Crippen molar-refractivity contribution in [2.45, 2.75) is 31.1 Å². The molecule has 0 bridgehead atoms. The molecule has 9 heteroatoms. The van der Waals surface area contributed by atoms with Crippen LogP contribution in [0.5, 0.6) is 0 Å². The van der Waals surface area contributed by atoms with Crippen molar-refractivity contribution in [3.05, 3.63) is 70.6 Å². The number of pyridine rings is 1. The molecule has 1 aromatic heterocycles. The van der Waals surface area contributed by atoms with Gasteiger partial charge in [-0.25, -0.2) is 13.9 Å². The second kappa shape index (κ2) is 9.23. The highest BCUT2D eigenvalue weighted by Crippen LogP contribution is 2.25. The van der Waals surface area contributed by atoms with Gasteiger partial charge in [0.1, 0.15) is 0 Å². The Kier molecular flexibility index (Phi) is 6.82. The summed E-state index contributed by atoms with van der Waals surface area (Å²) in [6.45, 7) is 1.30. The van der Waals surface area contributed by atoms with E-state index in [1.54, 1.807) is 18.3 Å². The highest BCUT2D eigenvalue weighted by atomic mass is 32.2. The molecular weight excluding hydrogens is 432 g/mol. The zero-order valence-electron chi connectivity index (χ0n) is 17.9. The Balaban J connectivity index is 1.90. The number of aromatic nitrogens is 1. The van der Waals surface area contributed by atoms with Crippen molar-refractivity contribution >= 4 is 26.5 Å². The fourth-order valence-electron chi connectivity index (χ4n) is 3.56. The first-order valence-corrected chi connectivity index (χ1v) is 12.0. The molecule has 8 nitrogen and oxygen atoms in total. The van der Waals surface area contributed by atoms with Crippen LogP contribution in [0.4, 0.5) is 0 Å². The van der Waals surface area contributed by atoms with Crippen molar-refractivity contribution in [1.82, 2.24) is 10.0 Å². The number of rotatable bonds is 8. The molecule has 3 aromatic rings. The molecule has 1 heterocycles. The average Bonchev–Trinajstić information content (AvgIpc) is 2.77. The van der Waals surface area contributed by atoms with Crippen molar-refractivity contribution in [1.29, 1.82) is 0 Å². The van der Waals surface area contributed by atoms with Crippen LogP contribution in [0, 0.1) is 0 Å². The first kappa shape index (κ1) is 23.6. The Labute approximate surface area is 186 Å². The van der Waals surface area contributed by atoms with Gasteiger partial charge in [0.05, 0.1) is 0 Å². The molecule has 3 rings (SSSR count). The van der Waals surface area contributed by atoms with Gasteiger partial charge in [-0.2, -0.15) is 0 Å². The number of aryl methyl sites for hydroxylation is 1. The fourth-order valence-corrected chi connectivity index (χ4v) is 4.40. The second-order valence-electron chi connectivity index (χ2n) is 7.98. The van der Waals surface area contributed by atoms with Gasteiger partial charge in [0.15, 0.2) is 14.6 Å². The topological polar surface area (TPSA) is 126 Å². The molecule has 170 valence electrons. The molecular formula is C23H26N2O6S. The van der Waals surface area contributed by atoms with Crippen LogP contribution >= 0.6 is 0 Å². The van der Waals surface area contributed by atoms with Gasteiger partial charge in [-0.15, -0.1) is 0 Å². The van der Waals surface area contributed by atoms with Crippen LogP contribution in [0.2, 0.25) is 0 Å². The van der Waals surface area contributed by atoms with E-state index in [0.717, 1.165) is 28.3 Å². The summed E-state index contributed by atoms with van der Waals surface area (Å²) >= 11 is 0. The third kappa shape index (κ3) is 4.59. The number of aliphatic hydroxyl groups is 1. The molecule has 0 aliphatic carbocycles. The standard InChI is InChI=1S/C23H26N2O6S/c1-23(22(28)24-29,32(2,30)31)11-13-25-12-9-19-15-18(7-8-20(19)21(25)27)17-5-3-16(4-6-17)10-14-26/h3-9,12,15,26,29H,10-11,13-14H2,1-2H3,(H,24,28). The first-order valence-electron chi connectivity index (χ1n) is 10.1. The number of sulfone groups is 1. The minimum absolute atomic E-state index is 0.0141. The summed E-state index contributed by atoms with van der Waals surface area (Å²) in [7, 11) is -3.85. The van der Waals surface area contributed by atoms with E-state index in [0.29, 0.717) is 11.8 Å². The minimum Gasteiger partial charge on any atom is -0.396 e. The lowest BCUT2D eigenvalue weighted by atomic mass is 10.0. The lowest BCUT2D eigenvalue weighted by Crippen LogP contribution is -2.49. The molecule has 0 saturated carbocycles. The molecule has 0 fully saturated rings. The summed E-state index contributed by atoms with van der Waals surface area (Å²) in [5.74, 6) is -1.04. The van der Waals surface area contributed by atoms with Crippen molar-refractivity contribution < 1.29 is 23.5 Å². The molecule has 3 N–H and O–H groups in total. The number of hydrogen-bond donors (Lipinski definition) is 3. The van der Waals surface area contributed by atoms with Crippen molar-refractivity contribution in [2.24, 2.45) is 0 Å². The molecule has 0 aliphatic rings. The van der Waals surface area contributed by atoms with Gasteiger partial charge in [0.25, 0.3) is 11.5 Å². The fraction of sp³-hybridized carbons (Fsp3) is 0.304. The number of fused-ring (bicyclic) bond motifs is 1. The smallest absolute Gasteiger partial charge is 0.264 e. The normalized spacial score (nSPS) is 13.6. The van der Waals surface area contributed by atoms with Gasteiger partial charge in [0.2, 0.25) is 0 Å². The van der Waals surface area contributed by atoms with E-state index in [1.165, 1.54) is 17.0 Å². The number of hydroxylamine groups is 1. The monoisotopic (exact) mass is 458 g/mol. The number of nitrogens with zero attached hydrogens (tertiary/aromatic N) is 1. The van der Waals surface area contributed by atoms with Crippen LogP contribution in [-0.2, 0) is 27.6 Å². The van der Waals surface area contributed by atoms with E-state index >= 15 is 0 Å². The molecule has 0 aliphatic heterocycles. The van der Waals surface area contributed by atoms with Crippen LogP contribution in [-0.4, -0.2) is 46.8 Å². The van der Waals surface area contributed by atoms with Crippen molar-refractivity contribution in [3.63, 3.8) is 0 Å².